The Morgan fingerprint density at radius 2 is 1.79 bits per heavy atom. The minimum atomic E-state index is -1.19. The van der Waals surface area contributed by atoms with E-state index in [1.807, 2.05) is 25.1 Å². The molecule has 1 heterocycles. The Morgan fingerprint density at radius 3 is 2.47 bits per heavy atom. The minimum Gasteiger partial charge on any atom is -0.248 e. The third-order valence-corrected chi connectivity index (χ3v) is 5.64. The molecule has 2 aromatic carbocycles. The molecule has 96 valence electrons. The van der Waals surface area contributed by atoms with Gasteiger partial charge in [0.05, 0.1) is 19.5 Å². The minimum absolute atomic E-state index is 0.274. The summed E-state index contributed by atoms with van der Waals surface area (Å²) >= 11 is 3.42. The van der Waals surface area contributed by atoms with Crippen LogP contribution in [0, 0.1) is 12.7 Å². The zero-order chi connectivity index (χ0) is 13.6. The van der Waals surface area contributed by atoms with E-state index in [2.05, 4.69) is 15.9 Å². The van der Waals surface area contributed by atoms with Crippen LogP contribution in [0.4, 0.5) is 4.39 Å². The van der Waals surface area contributed by atoms with Gasteiger partial charge in [0, 0.05) is 11.1 Å². The Bertz CT molecular complexity index is 719. The molecule has 4 heteroatoms. The first-order chi connectivity index (χ1) is 9.08. The summed E-state index contributed by atoms with van der Waals surface area (Å²) in [6, 6.07) is 12.1. The summed E-state index contributed by atoms with van der Waals surface area (Å²) in [5.74, 6) is -0.274. The molecule has 19 heavy (non-hydrogen) atoms. The first-order valence-electron chi connectivity index (χ1n) is 5.76. The highest BCUT2D eigenvalue weighted by atomic mass is 79.9. The lowest BCUT2D eigenvalue weighted by atomic mass is 9.99. The van der Waals surface area contributed by atoms with Crippen molar-refractivity contribution in [1.29, 1.82) is 0 Å². The maximum Gasteiger partial charge on any atom is 0.123 e. The van der Waals surface area contributed by atoms with Crippen molar-refractivity contribution in [2.75, 3.05) is 0 Å². The Balaban J connectivity index is 2.22. The van der Waals surface area contributed by atoms with Crippen LogP contribution in [0.25, 0.3) is 5.57 Å². The molecule has 0 saturated carbocycles. The average Bonchev–Trinajstić information content (AvgIpc) is 2.64. The molecule has 0 spiro atoms. The van der Waals surface area contributed by atoms with Gasteiger partial charge >= 0.3 is 0 Å². The molecule has 1 nitrogen and oxygen atoms in total. The molecule has 0 fully saturated rings. The smallest absolute Gasteiger partial charge is 0.123 e. The predicted octanol–water partition coefficient (Wildman–Crippen LogP) is 4.37. The molecular formula is C15H10BrFOS. The molecule has 0 saturated heterocycles. The fourth-order valence-electron chi connectivity index (χ4n) is 2.17. The van der Waals surface area contributed by atoms with E-state index in [-0.39, 0.29) is 5.82 Å². The highest BCUT2D eigenvalue weighted by molar-refractivity contribution is 9.13. The summed E-state index contributed by atoms with van der Waals surface area (Å²) in [7, 11) is -1.19. The molecule has 0 aromatic heterocycles. The lowest BCUT2D eigenvalue weighted by molar-refractivity contribution is 0.627. The van der Waals surface area contributed by atoms with Gasteiger partial charge in [-0.05, 0) is 52.2 Å². The second-order valence-corrected chi connectivity index (χ2v) is 7.13. The van der Waals surface area contributed by atoms with Gasteiger partial charge < -0.3 is 0 Å². The number of fused-ring (bicyclic) bond motifs is 1. The third kappa shape index (κ3) is 2.09. The van der Waals surface area contributed by atoms with Crippen molar-refractivity contribution in [2.24, 2.45) is 0 Å². The van der Waals surface area contributed by atoms with Gasteiger partial charge in [-0.1, -0.05) is 24.3 Å². The fourth-order valence-corrected chi connectivity index (χ4v) is 4.40. The van der Waals surface area contributed by atoms with E-state index in [9.17, 15) is 8.60 Å². The van der Waals surface area contributed by atoms with Crippen molar-refractivity contribution in [1.82, 2.24) is 0 Å². The van der Waals surface area contributed by atoms with Crippen molar-refractivity contribution in [3.8, 4) is 0 Å². The Kier molecular flexibility index (Phi) is 3.15. The van der Waals surface area contributed by atoms with Gasteiger partial charge in [-0.2, -0.15) is 0 Å². The lowest BCUT2D eigenvalue weighted by Crippen LogP contribution is -1.88. The van der Waals surface area contributed by atoms with E-state index in [1.165, 1.54) is 12.1 Å². The van der Waals surface area contributed by atoms with Gasteiger partial charge in [-0.25, -0.2) is 8.60 Å². The Morgan fingerprint density at radius 1 is 1.11 bits per heavy atom. The van der Waals surface area contributed by atoms with Gasteiger partial charge in [-0.15, -0.1) is 0 Å². The molecule has 1 atom stereocenters. The van der Waals surface area contributed by atoms with Crippen LogP contribution in [0.15, 0.2) is 51.2 Å². The number of aryl methyl sites for hydroxylation is 1. The highest BCUT2D eigenvalue weighted by Crippen LogP contribution is 2.43. The first-order valence-corrected chi connectivity index (χ1v) is 7.71. The zero-order valence-corrected chi connectivity index (χ0v) is 12.5. The molecule has 0 bridgehead atoms. The summed E-state index contributed by atoms with van der Waals surface area (Å²) in [6.45, 7) is 1.97. The molecule has 1 aliphatic rings. The molecule has 1 unspecified atom stereocenters. The van der Waals surface area contributed by atoms with E-state index in [1.54, 1.807) is 12.1 Å². The molecule has 0 radical (unpaired) electrons. The first kappa shape index (κ1) is 12.8. The lowest BCUT2D eigenvalue weighted by Gasteiger charge is -2.05. The Hall–Kier alpha value is -1.26. The van der Waals surface area contributed by atoms with Crippen LogP contribution in [0.2, 0.25) is 0 Å². The van der Waals surface area contributed by atoms with Crippen LogP contribution >= 0.6 is 15.9 Å². The topological polar surface area (TPSA) is 17.1 Å². The molecule has 1 aliphatic heterocycles. The van der Waals surface area contributed by atoms with Crippen molar-refractivity contribution in [3.05, 3.63) is 68.8 Å². The van der Waals surface area contributed by atoms with Gasteiger partial charge in [0.2, 0.25) is 0 Å². The monoisotopic (exact) mass is 336 g/mol. The summed E-state index contributed by atoms with van der Waals surface area (Å²) in [5, 5.41) is 0. The van der Waals surface area contributed by atoms with E-state index in [0.29, 0.717) is 3.81 Å². The second kappa shape index (κ2) is 4.69. The Labute approximate surface area is 121 Å². The van der Waals surface area contributed by atoms with Crippen LogP contribution in [0.3, 0.4) is 0 Å². The van der Waals surface area contributed by atoms with Gasteiger partial charge in [0.15, 0.2) is 0 Å². The van der Waals surface area contributed by atoms with Gasteiger partial charge in [0.1, 0.15) is 5.82 Å². The van der Waals surface area contributed by atoms with Crippen molar-refractivity contribution in [2.45, 2.75) is 11.8 Å². The van der Waals surface area contributed by atoms with Crippen molar-refractivity contribution >= 4 is 32.3 Å². The number of hydrogen-bond acceptors (Lipinski definition) is 1. The maximum atomic E-state index is 13.0. The quantitative estimate of drug-likeness (QED) is 0.755. The van der Waals surface area contributed by atoms with E-state index in [4.69, 9.17) is 0 Å². The number of halogens is 2. The summed E-state index contributed by atoms with van der Waals surface area (Å²) in [6.07, 6.45) is 0. The van der Waals surface area contributed by atoms with E-state index in [0.717, 1.165) is 27.2 Å². The molecule has 0 N–H and O–H groups in total. The molecule has 0 amide bonds. The van der Waals surface area contributed by atoms with Crippen LogP contribution < -0.4 is 0 Å². The fraction of sp³-hybridized carbons (Fsp3) is 0.0667. The number of hydrogen-bond donors (Lipinski definition) is 0. The summed E-state index contributed by atoms with van der Waals surface area (Å²) in [4.78, 5) is 0.811. The maximum absolute atomic E-state index is 13.0. The van der Waals surface area contributed by atoms with Gasteiger partial charge in [0.25, 0.3) is 0 Å². The number of rotatable bonds is 1. The van der Waals surface area contributed by atoms with Crippen molar-refractivity contribution < 1.29 is 8.60 Å². The molecule has 3 rings (SSSR count). The molecular weight excluding hydrogens is 327 g/mol. The van der Waals surface area contributed by atoms with E-state index >= 15 is 0 Å². The number of benzene rings is 2. The normalized spacial score (nSPS) is 17.7. The van der Waals surface area contributed by atoms with Crippen LogP contribution in [-0.4, -0.2) is 4.21 Å². The van der Waals surface area contributed by atoms with Crippen molar-refractivity contribution in [3.63, 3.8) is 0 Å². The largest absolute Gasteiger partial charge is 0.248 e. The zero-order valence-electron chi connectivity index (χ0n) is 10.1. The predicted molar refractivity (Wildman–Crippen MR) is 78.9 cm³/mol. The summed E-state index contributed by atoms with van der Waals surface area (Å²) < 4.78 is 26.0. The van der Waals surface area contributed by atoms with Crippen LogP contribution in [-0.2, 0) is 10.8 Å². The highest BCUT2D eigenvalue weighted by Gasteiger charge is 2.27. The molecule has 2 aromatic rings. The van der Waals surface area contributed by atoms with Crippen LogP contribution in [0.1, 0.15) is 16.7 Å². The SMILES string of the molecule is Cc1ccc2c(c1)S(=O)C(Br)=C2c1ccc(F)cc1. The average molecular weight is 337 g/mol. The second-order valence-electron chi connectivity index (χ2n) is 4.42. The third-order valence-electron chi connectivity index (χ3n) is 3.10. The standard InChI is InChI=1S/C15H10BrFOS/c1-9-2-7-12-13(8-9)19(18)15(16)14(12)10-3-5-11(17)6-4-10/h2-8H,1H3. The summed E-state index contributed by atoms with van der Waals surface area (Å²) in [5.41, 5.74) is 3.77. The van der Waals surface area contributed by atoms with Crippen LogP contribution in [0.5, 0.6) is 0 Å². The van der Waals surface area contributed by atoms with Gasteiger partial charge in [-0.3, -0.25) is 0 Å². The molecule has 0 aliphatic carbocycles. The van der Waals surface area contributed by atoms with E-state index < -0.39 is 10.8 Å².